The van der Waals surface area contributed by atoms with Gasteiger partial charge in [-0.3, -0.25) is 0 Å². The van der Waals surface area contributed by atoms with Crippen LogP contribution in [0.4, 0.5) is 0 Å². The number of aromatic nitrogens is 18. The van der Waals surface area contributed by atoms with E-state index in [0.29, 0.717) is 5.92 Å². The summed E-state index contributed by atoms with van der Waals surface area (Å²) in [6.45, 7) is 60.8. The minimum Gasteiger partial charge on any atom is -0.249 e. The van der Waals surface area contributed by atoms with Gasteiger partial charge in [0.2, 0.25) is 0 Å². The van der Waals surface area contributed by atoms with Gasteiger partial charge in [0.25, 0.3) is 0 Å². The van der Waals surface area contributed by atoms with Gasteiger partial charge in [0, 0.05) is 39.3 Å². The van der Waals surface area contributed by atoms with Gasteiger partial charge in [0.05, 0.1) is 71.3 Å². The Morgan fingerprint density at radius 3 is 0.631 bits per heavy atom. The lowest BCUT2D eigenvalue weighted by Crippen LogP contribution is -2.09. The van der Waals surface area contributed by atoms with Gasteiger partial charge >= 0.3 is 0 Å². The van der Waals surface area contributed by atoms with Gasteiger partial charge < -0.3 is 0 Å². The van der Waals surface area contributed by atoms with Crippen molar-refractivity contribution in [2.45, 2.75) is 456 Å². The Bertz CT molecular complexity index is 2910. The summed E-state index contributed by atoms with van der Waals surface area (Å²) in [7, 11) is 0. The molecule has 0 amide bonds. The van der Waals surface area contributed by atoms with Crippen LogP contribution in [-0.2, 0) is 77.8 Å². The maximum absolute atomic E-state index is 4.23. The van der Waals surface area contributed by atoms with E-state index in [0.717, 1.165) is 143 Å². The highest BCUT2D eigenvalue weighted by atomic mass is 15.4. The molecule has 111 heavy (non-hydrogen) atoms. The molecule has 0 saturated carbocycles. The summed E-state index contributed by atoms with van der Waals surface area (Å²) in [6.07, 6.45) is 61.5. The Balaban J connectivity index is 0.000000667. The van der Waals surface area contributed by atoms with Crippen molar-refractivity contribution in [3.8, 4) is 0 Å². The molecule has 0 aromatic carbocycles. The Morgan fingerprint density at radius 2 is 0.351 bits per heavy atom. The molecule has 0 aliphatic heterocycles. The topological polar surface area (TPSA) is 184 Å². The molecule has 0 unspecified atom stereocenters. The van der Waals surface area contributed by atoms with Crippen LogP contribution >= 0.6 is 0 Å². The normalized spacial score (nSPS) is 11.7. The van der Waals surface area contributed by atoms with Crippen LogP contribution in [0.25, 0.3) is 0 Å². The molecule has 6 heterocycles. The van der Waals surface area contributed by atoms with Crippen molar-refractivity contribution >= 4 is 0 Å². The molecule has 0 bridgehead atoms. The Labute approximate surface area is 684 Å². The van der Waals surface area contributed by atoms with Gasteiger partial charge in [-0.2, -0.15) is 0 Å². The Kier molecular flexibility index (Phi) is 62.7. The van der Waals surface area contributed by atoms with E-state index < -0.39 is 0 Å². The molecule has 18 heteroatoms. The van der Waals surface area contributed by atoms with Gasteiger partial charge in [-0.1, -0.05) is 326 Å². The van der Waals surface area contributed by atoms with Crippen molar-refractivity contribution in [3.05, 3.63) is 71.3 Å². The van der Waals surface area contributed by atoms with Crippen molar-refractivity contribution in [2.24, 2.45) is 71.0 Å². The average molecular weight is 1550 g/mol. The van der Waals surface area contributed by atoms with Crippen molar-refractivity contribution in [3.63, 3.8) is 0 Å². The lowest BCUT2D eigenvalue weighted by atomic mass is 10.0. The second-order valence-electron chi connectivity index (χ2n) is 37.8. The van der Waals surface area contributed by atoms with E-state index in [1.807, 2.05) is 37.2 Å². The number of hydrogen-bond donors (Lipinski definition) is 0. The van der Waals surface area contributed by atoms with Crippen LogP contribution in [0.1, 0.15) is 412 Å². The number of nitrogens with zero attached hydrogens (tertiary/aromatic N) is 18. The summed E-state index contributed by atoms with van der Waals surface area (Å²) in [5.74, 6) is 9.46. The monoisotopic (exact) mass is 1550 g/mol. The van der Waals surface area contributed by atoms with Crippen molar-refractivity contribution in [2.75, 3.05) is 0 Å². The molecule has 642 valence electrons. The van der Waals surface area contributed by atoms with Crippen LogP contribution in [-0.4, -0.2) is 90.0 Å². The summed E-state index contributed by atoms with van der Waals surface area (Å²) in [4.78, 5) is 0. The van der Waals surface area contributed by atoms with E-state index in [1.54, 1.807) is 0 Å². The van der Waals surface area contributed by atoms with Crippen LogP contribution in [0, 0.1) is 71.0 Å². The third kappa shape index (κ3) is 60.1. The van der Waals surface area contributed by atoms with Gasteiger partial charge in [0.15, 0.2) is 0 Å². The third-order valence-corrected chi connectivity index (χ3v) is 20.6. The fourth-order valence-electron chi connectivity index (χ4n) is 13.4. The van der Waals surface area contributed by atoms with Crippen LogP contribution in [0.2, 0.25) is 0 Å². The maximum atomic E-state index is 4.23. The van der Waals surface area contributed by atoms with Crippen LogP contribution in [0.15, 0.2) is 37.2 Å². The standard InChI is InChI=1S/3C17H33N3.3C14H27N3/c1-15(2)10-6-5-7-12-17-14-18-19-20(17)13-9-8-11-16(3)4;1-15(2)10-7-5-6-8-12-17-14-18-19-20(17)13-9-11-16(3)4;1-15(2)10-8-6-5-7-9-11-17-14-18-19-20(17)13-12-16(3)4;1-12(2)7-5-9-14-11-15-16-17(14)10-6-8-13(3)4;1-12(2)7-5-6-8-14-11-15-16-17(14)10-9-13(3)4;1-12(2)8-6-5-7-9-14-10-15-16-17(14)11-13(3)4/h3*14-16H,5-13H2,1-4H3;2*11-13H,5-10H2,1-4H3;10,12-13H,5-9,11H2,1-4H3. The molecule has 0 aliphatic carbocycles. The predicted molar refractivity (Wildman–Crippen MR) is 473 cm³/mol. The maximum Gasteiger partial charge on any atom is 0.0725 e. The van der Waals surface area contributed by atoms with Crippen molar-refractivity contribution in [1.29, 1.82) is 0 Å². The average Bonchev–Trinajstić information content (AvgIpc) is 1.79. The Hall–Kier alpha value is -5.16. The minimum absolute atomic E-state index is 0.636. The zero-order valence-electron chi connectivity index (χ0n) is 77.3. The summed E-state index contributed by atoms with van der Waals surface area (Å²) >= 11 is 0. The summed E-state index contributed by atoms with van der Waals surface area (Å²) in [5.41, 5.74) is 7.84. The summed E-state index contributed by atoms with van der Waals surface area (Å²) < 4.78 is 12.5. The van der Waals surface area contributed by atoms with E-state index in [-0.39, 0.29) is 0 Å². The second-order valence-corrected chi connectivity index (χ2v) is 37.8. The number of unbranched alkanes of at least 4 members (excludes halogenated alkanes) is 13. The Morgan fingerprint density at radius 1 is 0.171 bits per heavy atom. The lowest BCUT2D eigenvalue weighted by Gasteiger charge is -2.08. The van der Waals surface area contributed by atoms with E-state index in [9.17, 15) is 0 Å². The van der Waals surface area contributed by atoms with Gasteiger partial charge in [-0.05, 0) is 193 Å². The zero-order chi connectivity index (χ0) is 82.4. The molecule has 0 radical (unpaired) electrons. The highest BCUT2D eigenvalue weighted by molar-refractivity contribution is 4.98. The second kappa shape index (κ2) is 67.1. The molecule has 0 spiro atoms. The molecule has 18 nitrogen and oxygen atoms in total. The molecule has 0 fully saturated rings. The first-order chi connectivity index (χ1) is 53.1. The zero-order valence-corrected chi connectivity index (χ0v) is 77.3. The van der Waals surface area contributed by atoms with Crippen molar-refractivity contribution < 1.29 is 0 Å². The lowest BCUT2D eigenvalue weighted by molar-refractivity contribution is 0.453. The van der Waals surface area contributed by atoms with E-state index in [2.05, 4.69) is 256 Å². The first-order valence-corrected chi connectivity index (χ1v) is 46.3. The van der Waals surface area contributed by atoms with Crippen molar-refractivity contribution in [1.82, 2.24) is 90.0 Å². The van der Waals surface area contributed by atoms with Gasteiger partial charge in [0.1, 0.15) is 0 Å². The number of aryl methyl sites for hydroxylation is 11. The molecule has 0 atom stereocenters. The SMILES string of the molecule is CC(C)CCCCCCCc1cnnn1CCC(C)C.CC(C)CCCCCCc1cnnn1CCCC(C)C.CC(C)CCCCCc1cnnn1CC(C)C.CC(C)CCCCCc1cnnn1CCCCC(C)C.CC(C)CCCCc1cnnn1CCC(C)C.CC(C)CCCc1cnnn1CCCC(C)C. The first kappa shape index (κ1) is 104. The van der Waals surface area contributed by atoms with E-state index in [4.69, 9.17) is 0 Å². The molecule has 0 N–H and O–H groups in total. The third-order valence-electron chi connectivity index (χ3n) is 20.6. The smallest absolute Gasteiger partial charge is 0.0725 e. The quantitative estimate of drug-likeness (QED) is 0.0330. The predicted octanol–water partition coefficient (Wildman–Crippen LogP) is 25.7. The van der Waals surface area contributed by atoms with Crippen LogP contribution in [0.5, 0.6) is 0 Å². The van der Waals surface area contributed by atoms with Gasteiger partial charge in [-0.25, -0.2) is 28.1 Å². The molecule has 6 aromatic rings. The highest BCUT2D eigenvalue weighted by Crippen LogP contribution is 2.20. The minimum atomic E-state index is 0.636. The first-order valence-electron chi connectivity index (χ1n) is 46.3. The summed E-state index contributed by atoms with van der Waals surface area (Å²) in [6, 6.07) is 0. The largest absolute Gasteiger partial charge is 0.249 e. The van der Waals surface area contributed by atoms with E-state index >= 15 is 0 Å². The molecule has 0 aliphatic rings. The van der Waals surface area contributed by atoms with Crippen LogP contribution < -0.4 is 0 Å². The highest BCUT2D eigenvalue weighted by Gasteiger charge is 2.12. The fourth-order valence-corrected chi connectivity index (χ4v) is 13.4. The number of hydrogen-bond acceptors (Lipinski definition) is 12. The molecule has 6 rings (SSSR count). The van der Waals surface area contributed by atoms with E-state index in [1.165, 1.54) is 246 Å². The van der Waals surface area contributed by atoms with Crippen LogP contribution in [0.3, 0.4) is 0 Å². The number of rotatable bonds is 57. The molecule has 6 aromatic heterocycles. The molecular weight excluding hydrogens is 1370 g/mol. The van der Waals surface area contributed by atoms with Gasteiger partial charge in [-0.15, -0.1) is 30.6 Å². The summed E-state index contributed by atoms with van der Waals surface area (Å²) in [5, 5.41) is 49.4. The fraction of sp³-hybridized carbons (Fsp3) is 0.871. The molecular formula is C93H180N18. The molecule has 0 saturated heterocycles.